The molecule has 0 aliphatic heterocycles. The molecule has 0 unspecified atom stereocenters. The molecule has 16 heavy (non-hydrogen) atoms. The molecule has 0 radical (unpaired) electrons. The lowest BCUT2D eigenvalue weighted by atomic mass is 10.2. The second-order valence-electron chi connectivity index (χ2n) is 3.40. The van der Waals surface area contributed by atoms with E-state index in [1.165, 1.54) is 0 Å². The summed E-state index contributed by atoms with van der Waals surface area (Å²) < 4.78 is 0. The lowest BCUT2D eigenvalue weighted by molar-refractivity contribution is -0.115. The summed E-state index contributed by atoms with van der Waals surface area (Å²) in [6.45, 7) is 1.55. The number of aromatic nitrogens is 1. The van der Waals surface area contributed by atoms with Crippen molar-refractivity contribution in [2.45, 2.75) is 6.92 Å². The summed E-state index contributed by atoms with van der Waals surface area (Å²) in [6, 6.07) is 13.2. The number of amides is 1. The third-order valence-electron chi connectivity index (χ3n) is 2.25. The first kappa shape index (κ1) is 10.4. The Hall–Kier alpha value is -2.16. The van der Waals surface area contributed by atoms with Crippen LogP contribution in [-0.2, 0) is 4.79 Å². The maximum atomic E-state index is 11.7. The minimum Gasteiger partial charge on any atom is -0.281 e. The molecule has 0 atom stereocenters. The molecule has 0 bridgehead atoms. The summed E-state index contributed by atoms with van der Waals surface area (Å²) in [4.78, 5) is 17.2. The fourth-order valence-electron chi connectivity index (χ4n) is 1.58. The van der Waals surface area contributed by atoms with Crippen molar-refractivity contribution in [1.29, 1.82) is 0 Å². The van der Waals surface area contributed by atoms with Crippen molar-refractivity contribution in [3.05, 3.63) is 54.9 Å². The first-order valence-corrected chi connectivity index (χ1v) is 5.05. The van der Waals surface area contributed by atoms with Crippen molar-refractivity contribution in [1.82, 2.24) is 4.98 Å². The van der Waals surface area contributed by atoms with Crippen LogP contribution in [0.4, 0.5) is 11.4 Å². The summed E-state index contributed by atoms with van der Waals surface area (Å²) in [6.07, 6.45) is 3.35. The zero-order valence-electron chi connectivity index (χ0n) is 9.00. The zero-order chi connectivity index (χ0) is 11.4. The van der Waals surface area contributed by atoms with E-state index in [0.717, 1.165) is 11.4 Å². The highest BCUT2D eigenvalue weighted by molar-refractivity contribution is 5.98. The molecule has 2 aromatic rings. The number of pyridine rings is 1. The van der Waals surface area contributed by atoms with E-state index in [1.54, 1.807) is 24.2 Å². The fourth-order valence-corrected chi connectivity index (χ4v) is 1.58. The van der Waals surface area contributed by atoms with Crippen LogP contribution in [0, 0.1) is 0 Å². The lowest BCUT2D eigenvalue weighted by Crippen LogP contribution is -2.22. The topological polar surface area (TPSA) is 33.2 Å². The zero-order valence-corrected chi connectivity index (χ0v) is 9.00. The Bertz CT molecular complexity index is 428. The Morgan fingerprint density at radius 1 is 1.00 bits per heavy atom. The van der Waals surface area contributed by atoms with E-state index < -0.39 is 0 Å². The summed E-state index contributed by atoms with van der Waals surface area (Å²) in [5.41, 5.74) is 1.69. The van der Waals surface area contributed by atoms with Gasteiger partial charge in [-0.15, -0.1) is 0 Å². The summed E-state index contributed by atoms with van der Waals surface area (Å²) in [7, 11) is 0. The summed E-state index contributed by atoms with van der Waals surface area (Å²) >= 11 is 0. The van der Waals surface area contributed by atoms with Crippen molar-refractivity contribution in [3.63, 3.8) is 0 Å². The van der Waals surface area contributed by atoms with Gasteiger partial charge in [-0.25, -0.2) is 0 Å². The smallest absolute Gasteiger partial charge is 0.228 e. The van der Waals surface area contributed by atoms with Gasteiger partial charge in [0.2, 0.25) is 5.91 Å². The SMILES string of the molecule is CC(=O)N(c1ccccc1)c1ccncc1. The molecule has 1 heterocycles. The van der Waals surface area contributed by atoms with Gasteiger partial charge < -0.3 is 0 Å². The second kappa shape index (κ2) is 4.57. The van der Waals surface area contributed by atoms with Crippen LogP contribution in [0.25, 0.3) is 0 Å². The predicted molar refractivity (Wildman–Crippen MR) is 63.5 cm³/mol. The number of rotatable bonds is 2. The van der Waals surface area contributed by atoms with E-state index >= 15 is 0 Å². The number of anilines is 2. The Morgan fingerprint density at radius 3 is 2.12 bits per heavy atom. The number of hydrogen-bond donors (Lipinski definition) is 0. The molecule has 0 saturated carbocycles. The number of nitrogens with zero attached hydrogens (tertiary/aromatic N) is 2. The molecule has 0 saturated heterocycles. The van der Waals surface area contributed by atoms with Gasteiger partial charge in [0, 0.05) is 25.0 Å². The average molecular weight is 212 g/mol. The number of benzene rings is 1. The van der Waals surface area contributed by atoms with E-state index in [0.29, 0.717) is 0 Å². The van der Waals surface area contributed by atoms with Crippen LogP contribution in [0.1, 0.15) is 6.92 Å². The largest absolute Gasteiger partial charge is 0.281 e. The number of carbonyl (C=O) groups is 1. The molecule has 0 aliphatic rings. The maximum Gasteiger partial charge on any atom is 0.228 e. The molecular weight excluding hydrogens is 200 g/mol. The Balaban J connectivity index is 2.44. The molecule has 3 heteroatoms. The molecular formula is C13H12N2O. The molecule has 0 N–H and O–H groups in total. The van der Waals surface area contributed by atoms with Gasteiger partial charge in [0.15, 0.2) is 0 Å². The third-order valence-corrected chi connectivity index (χ3v) is 2.25. The molecule has 1 amide bonds. The summed E-state index contributed by atoms with van der Waals surface area (Å²) in [5, 5.41) is 0. The lowest BCUT2D eigenvalue weighted by Gasteiger charge is -2.20. The highest BCUT2D eigenvalue weighted by Gasteiger charge is 2.12. The molecule has 0 spiro atoms. The van der Waals surface area contributed by atoms with Crippen LogP contribution in [0.15, 0.2) is 54.9 Å². The van der Waals surface area contributed by atoms with Gasteiger partial charge in [-0.05, 0) is 24.3 Å². The molecule has 3 nitrogen and oxygen atoms in total. The first-order valence-electron chi connectivity index (χ1n) is 5.05. The molecule has 0 aliphatic carbocycles. The van der Waals surface area contributed by atoms with E-state index in [4.69, 9.17) is 0 Å². The van der Waals surface area contributed by atoms with Crippen LogP contribution < -0.4 is 4.90 Å². The Labute approximate surface area is 94.4 Å². The minimum atomic E-state index is -0.0163. The first-order chi connectivity index (χ1) is 7.79. The van der Waals surface area contributed by atoms with Crippen molar-refractivity contribution in [2.24, 2.45) is 0 Å². The summed E-state index contributed by atoms with van der Waals surface area (Å²) in [5.74, 6) is -0.0163. The van der Waals surface area contributed by atoms with Gasteiger partial charge in [-0.1, -0.05) is 18.2 Å². The molecule has 2 rings (SSSR count). The highest BCUT2D eigenvalue weighted by Crippen LogP contribution is 2.24. The maximum absolute atomic E-state index is 11.7. The van der Waals surface area contributed by atoms with E-state index in [-0.39, 0.29) is 5.91 Å². The van der Waals surface area contributed by atoms with Crippen molar-refractivity contribution < 1.29 is 4.79 Å². The minimum absolute atomic E-state index is 0.0163. The van der Waals surface area contributed by atoms with Gasteiger partial charge >= 0.3 is 0 Å². The van der Waals surface area contributed by atoms with Crippen molar-refractivity contribution >= 4 is 17.3 Å². The average Bonchev–Trinajstić information content (AvgIpc) is 2.31. The van der Waals surface area contributed by atoms with Crippen LogP contribution in [0.3, 0.4) is 0 Å². The van der Waals surface area contributed by atoms with Gasteiger partial charge in [0.1, 0.15) is 0 Å². The number of carbonyl (C=O) groups excluding carboxylic acids is 1. The Morgan fingerprint density at radius 2 is 1.56 bits per heavy atom. The van der Waals surface area contributed by atoms with Crippen molar-refractivity contribution in [3.8, 4) is 0 Å². The second-order valence-corrected chi connectivity index (χ2v) is 3.40. The molecule has 80 valence electrons. The third kappa shape index (κ3) is 2.08. The Kier molecular flexibility index (Phi) is 2.96. The molecule has 1 aromatic heterocycles. The van der Waals surface area contributed by atoms with E-state index in [1.807, 2.05) is 42.5 Å². The monoisotopic (exact) mass is 212 g/mol. The van der Waals surface area contributed by atoms with Gasteiger partial charge in [0.25, 0.3) is 0 Å². The molecule has 0 fully saturated rings. The quantitative estimate of drug-likeness (QED) is 0.766. The van der Waals surface area contributed by atoms with Crippen molar-refractivity contribution in [2.75, 3.05) is 4.90 Å². The van der Waals surface area contributed by atoms with Gasteiger partial charge in [0.05, 0.1) is 5.69 Å². The normalized spacial score (nSPS) is 9.81. The highest BCUT2D eigenvalue weighted by atomic mass is 16.2. The number of para-hydroxylation sites is 1. The standard InChI is InChI=1S/C13H12N2O/c1-11(16)15(12-5-3-2-4-6-12)13-7-9-14-10-8-13/h2-10H,1H3. The van der Waals surface area contributed by atoms with Crippen LogP contribution in [-0.4, -0.2) is 10.9 Å². The molecule has 1 aromatic carbocycles. The van der Waals surface area contributed by atoms with Crippen LogP contribution >= 0.6 is 0 Å². The van der Waals surface area contributed by atoms with Crippen LogP contribution in [0.2, 0.25) is 0 Å². The van der Waals surface area contributed by atoms with Gasteiger partial charge in [-0.3, -0.25) is 14.7 Å². The number of hydrogen-bond acceptors (Lipinski definition) is 2. The predicted octanol–water partition coefficient (Wildman–Crippen LogP) is 2.77. The van der Waals surface area contributed by atoms with Crippen LogP contribution in [0.5, 0.6) is 0 Å². The van der Waals surface area contributed by atoms with E-state index in [9.17, 15) is 4.79 Å². The van der Waals surface area contributed by atoms with E-state index in [2.05, 4.69) is 4.98 Å². The fraction of sp³-hybridized carbons (Fsp3) is 0.0769. The van der Waals surface area contributed by atoms with Gasteiger partial charge in [-0.2, -0.15) is 0 Å².